The molecule has 0 spiro atoms. The van der Waals surface area contributed by atoms with Gasteiger partial charge in [-0.1, -0.05) is 65.5 Å². The third-order valence-corrected chi connectivity index (χ3v) is 6.47. The number of aliphatic hydroxyl groups is 1. The van der Waals surface area contributed by atoms with E-state index in [2.05, 4.69) is 46.3 Å². The van der Waals surface area contributed by atoms with Gasteiger partial charge in [0.1, 0.15) is 0 Å². The number of aryl methyl sites for hydroxylation is 1. The maximum absolute atomic E-state index is 10.6. The van der Waals surface area contributed by atoms with Crippen LogP contribution in [0.2, 0.25) is 0 Å². The maximum Gasteiger partial charge on any atom is 0.0614 e. The van der Waals surface area contributed by atoms with Gasteiger partial charge < -0.3 is 9.84 Å². The molecule has 0 radical (unpaired) electrons. The van der Waals surface area contributed by atoms with E-state index in [1.165, 1.54) is 37.7 Å². The lowest BCUT2D eigenvalue weighted by atomic mass is 9.82. The Hall–Kier alpha value is -0.380. The van der Waals surface area contributed by atoms with E-state index < -0.39 is 0 Å². The van der Waals surface area contributed by atoms with E-state index in [0.29, 0.717) is 16.8 Å². The van der Waals surface area contributed by atoms with Crippen LogP contribution in [0.1, 0.15) is 63.4 Å². The predicted octanol–water partition coefficient (Wildman–Crippen LogP) is 5.26. The highest BCUT2D eigenvalue weighted by Crippen LogP contribution is 2.33. The Balaban J connectivity index is 1.47. The summed E-state index contributed by atoms with van der Waals surface area (Å²) in [5.74, 6) is 0.501. The number of rotatable bonds is 6. The monoisotopic (exact) mass is 394 g/mol. The zero-order chi connectivity index (χ0) is 16.8. The van der Waals surface area contributed by atoms with Crippen molar-refractivity contribution in [3.8, 4) is 0 Å². The van der Waals surface area contributed by atoms with E-state index in [1.54, 1.807) is 0 Å². The first kappa shape index (κ1) is 18.4. The number of aliphatic hydroxyl groups excluding tert-OH is 1. The summed E-state index contributed by atoms with van der Waals surface area (Å²) in [4.78, 5) is 0.524. The van der Waals surface area contributed by atoms with Gasteiger partial charge in [-0.15, -0.1) is 0 Å². The lowest BCUT2D eigenvalue weighted by molar-refractivity contribution is -0.0765. The first-order chi connectivity index (χ1) is 11.7. The first-order valence-corrected chi connectivity index (χ1v) is 10.6. The summed E-state index contributed by atoms with van der Waals surface area (Å²) < 4.78 is 6.35. The lowest BCUT2D eigenvalue weighted by Gasteiger charge is -2.36. The fourth-order valence-electron chi connectivity index (χ4n) is 4.34. The Morgan fingerprint density at radius 3 is 2.50 bits per heavy atom. The van der Waals surface area contributed by atoms with Gasteiger partial charge in [0.05, 0.1) is 18.3 Å². The highest BCUT2D eigenvalue weighted by molar-refractivity contribution is 9.09. The third kappa shape index (κ3) is 5.57. The Labute approximate surface area is 155 Å². The Morgan fingerprint density at radius 1 is 1.04 bits per heavy atom. The summed E-state index contributed by atoms with van der Waals surface area (Å²) in [5, 5.41) is 10.6. The number of halogens is 1. The molecule has 0 aromatic heterocycles. The zero-order valence-corrected chi connectivity index (χ0v) is 16.2. The summed E-state index contributed by atoms with van der Waals surface area (Å²) in [7, 11) is 0. The van der Waals surface area contributed by atoms with Crippen molar-refractivity contribution in [2.45, 2.75) is 87.3 Å². The molecular weight excluding hydrogens is 364 g/mol. The van der Waals surface area contributed by atoms with Gasteiger partial charge in [-0.25, -0.2) is 0 Å². The molecule has 1 saturated carbocycles. The molecule has 0 amide bonds. The van der Waals surface area contributed by atoms with Crippen molar-refractivity contribution in [3.05, 3.63) is 35.9 Å². The predicted molar refractivity (Wildman–Crippen MR) is 103 cm³/mol. The highest BCUT2D eigenvalue weighted by atomic mass is 79.9. The van der Waals surface area contributed by atoms with Gasteiger partial charge >= 0.3 is 0 Å². The van der Waals surface area contributed by atoms with Gasteiger partial charge in [0.2, 0.25) is 0 Å². The molecular formula is C21H31BrO2. The van der Waals surface area contributed by atoms with Gasteiger partial charge in [0.25, 0.3) is 0 Å². The minimum atomic E-state index is -0.178. The second kappa shape index (κ2) is 9.35. The quantitative estimate of drug-likeness (QED) is 0.666. The number of hydrogen-bond acceptors (Lipinski definition) is 2. The normalized spacial score (nSPS) is 30.2. The number of alkyl halides is 1. The van der Waals surface area contributed by atoms with Crippen LogP contribution in [0.4, 0.5) is 0 Å². The van der Waals surface area contributed by atoms with Gasteiger partial charge in [-0.05, 0) is 56.4 Å². The zero-order valence-electron chi connectivity index (χ0n) is 14.6. The number of ether oxygens (including phenoxy) is 1. The summed E-state index contributed by atoms with van der Waals surface area (Å²) in [5.41, 5.74) is 1.39. The minimum Gasteiger partial charge on any atom is -0.393 e. The number of benzene rings is 1. The Bertz CT molecular complexity index is 472. The van der Waals surface area contributed by atoms with E-state index >= 15 is 0 Å². The summed E-state index contributed by atoms with van der Waals surface area (Å²) >= 11 is 3.82. The topological polar surface area (TPSA) is 29.5 Å². The van der Waals surface area contributed by atoms with Gasteiger partial charge in [-0.2, -0.15) is 0 Å². The molecule has 1 saturated heterocycles. The Morgan fingerprint density at radius 2 is 1.75 bits per heavy atom. The van der Waals surface area contributed by atoms with Crippen LogP contribution >= 0.6 is 15.9 Å². The van der Waals surface area contributed by atoms with Crippen LogP contribution < -0.4 is 0 Å². The van der Waals surface area contributed by atoms with Crippen LogP contribution in [0, 0.1) is 5.92 Å². The fourth-order valence-corrected chi connectivity index (χ4v) is 5.17. The first-order valence-electron chi connectivity index (χ1n) is 9.72. The van der Waals surface area contributed by atoms with Crippen molar-refractivity contribution in [3.63, 3.8) is 0 Å². The standard InChI is InChI=1S/C21H31BrO2/c22-18-13-19(12-11-16-7-3-1-4-8-16)24-20(14-18)15-21(23)17-9-5-2-6-10-17/h1,3-4,7-8,17-21,23H,2,5-6,9-15H2/t18-,19+,20+,21?/m1/s1. The van der Waals surface area contributed by atoms with E-state index in [1.807, 2.05) is 0 Å². The van der Waals surface area contributed by atoms with E-state index in [0.717, 1.165) is 32.1 Å². The second-order valence-electron chi connectivity index (χ2n) is 7.67. The molecule has 1 aliphatic heterocycles. The molecule has 3 rings (SSSR count). The number of hydrogen-bond donors (Lipinski definition) is 1. The van der Waals surface area contributed by atoms with E-state index in [9.17, 15) is 5.11 Å². The van der Waals surface area contributed by atoms with Crippen LogP contribution in [0.25, 0.3) is 0 Å². The molecule has 2 nitrogen and oxygen atoms in total. The van der Waals surface area contributed by atoms with Crippen LogP contribution in [0.5, 0.6) is 0 Å². The van der Waals surface area contributed by atoms with E-state index in [4.69, 9.17) is 4.74 Å². The van der Waals surface area contributed by atoms with Gasteiger partial charge in [0, 0.05) is 4.83 Å². The van der Waals surface area contributed by atoms with Crippen molar-refractivity contribution in [2.24, 2.45) is 5.92 Å². The molecule has 134 valence electrons. The SMILES string of the molecule is OC(C[C@@H]1C[C@H](Br)C[C@H](CCc2ccccc2)O1)C1CCCCC1. The van der Waals surface area contributed by atoms with Crippen molar-refractivity contribution >= 4 is 15.9 Å². The van der Waals surface area contributed by atoms with Crippen LogP contribution in [0.15, 0.2) is 30.3 Å². The molecule has 1 aromatic rings. The molecule has 1 N–H and O–H groups in total. The van der Waals surface area contributed by atoms with Gasteiger partial charge in [-0.3, -0.25) is 0 Å². The molecule has 2 aliphatic rings. The van der Waals surface area contributed by atoms with Crippen molar-refractivity contribution in [2.75, 3.05) is 0 Å². The Kier molecular flexibility index (Phi) is 7.18. The molecule has 1 aromatic carbocycles. The fraction of sp³-hybridized carbons (Fsp3) is 0.714. The van der Waals surface area contributed by atoms with Crippen molar-refractivity contribution in [1.82, 2.24) is 0 Å². The summed E-state index contributed by atoms with van der Waals surface area (Å²) in [6.45, 7) is 0. The van der Waals surface area contributed by atoms with Crippen LogP contribution in [0.3, 0.4) is 0 Å². The van der Waals surface area contributed by atoms with Crippen LogP contribution in [-0.2, 0) is 11.2 Å². The van der Waals surface area contributed by atoms with Crippen molar-refractivity contribution < 1.29 is 9.84 Å². The molecule has 4 atom stereocenters. The lowest BCUT2D eigenvalue weighted by Crippen LogP contribution is -2.37. The van der Waals surface area contributed by atoms with Crippen molar-refractivity contribution in [1.29, 1.82) is 0 Å². The highest BCUT2D eigenvalue weighted by Gasteiger charge is 2.31. The van der Waals surface area contributed by atoms with Gasteiger partial charge in [0.15, 0.2) is 0 Å². The maximum atomic E-state index is 10.6. The molecule has 1 heterocycles. The largest absolute Gasteiger partial charge is 0.393 e. The average molecular weight is 395 g/mol. The van der Waals surface area contributed by atoms with E-state index in [-0.39, 0.29) is 12.2 Å². The molecule has 1 aliphatic carbocycles. The minimum absolute atomic E-state index is 0.178. The molecule has 1 unspecified atom stereocenters. The molecule has 3 heteroatoms. The van der Waals surface area contributed by atoms with Crippen LogP contribution in [-0.4, -0.2) is 28.2 Å². The molecule has 0 bridgehead atoms. The average Bonchev–Trinajstić information content (AvgIpc) is 2.61. The second-order valence-corrected chi connectivity index (χ2v) is 8.97. The summed E-state index contributed by atoms with van der Waals surface area (Å²) in [6, 6.07) is 10.7. The molecule has 24 heavy (non-hydrogen) atoms. The smallest absolute Gasteiger partial charge is 0.0614 e. The summed E-state index contributed by atoms with van der Waals surface area (Å²) in [6.07, 6.45) is 11.7. The third-order valence-electron chi connectivity index (χ3n) is 5.72. The molecule has 2 fully saturated rings.